The Bertz CT molecular complexity index is 1060. The molecule has 3 atom stereocenters. The quantitative estimate of drug-likeness (QED) is 0.693. The lowest BCUT2D eigenvalue weighted by atomic mass is 9.73. The number of aliphatic hydroxyl groups is 1. The number of aliphatic hydroxyl groups excluding tert-OH is 1. The molecule has 1 aromatic heterocycles. The Balaban J connectivity index is 1.35. The predicted octanol–water partition coefficient (Wildman–Crippen LogP) is 3.06. The van der Waals surface area contributed by atoms with Crippen molar-refractivity contribution in [3.63, 3.8) is 0 Å². The van der Waals surface area contributed by atoms with E-state index < -0.39 is 0 Å². The summed E-state index contributed by atoms with van der Waals surface area (Å²) >= 11 is 0. The number of rotatable bonds is 5. The van der Waals surface area contributed by atoms with Gasteiger partial charge in [-0.2, -0.15) is 0 Å². The van der Waals surface area contributed by atoms with Crippen LogP contribution in [0, 0.1) is 5.82 Å². The Kier molecular flexibility index (Phi) is 5.26. The standard InChI is InChI=1S/C25H24FN3O2/c26-21-9-3-17(4-10-21)13-28-14-22-25(23(16-30)29(22)24(31)15-28)19-7-5-18(6-8-19)20-2-1-11-27-12-20/h1-12,22-23,25,30H,13-16H2/t22-,23-,25+/m0/s1. The first-order valence-electron chi connectivity index (χ1n) is 10.5. The van der Waals surface area contributed by atoms with Crippen molar-refractivity contribution in [3.05, 3.63) is 90.0 Å². The van der Waals surface area contributed by atoms with E-state index in [1.165, 1.54) is 12.1 Å². The van der Waals surface area contributed by atoms with Crippen molar-refractivity contribution in [2.75, 3.05) is 19.7 Å². The Morgan fingerprint density at radius 1 is 1.03 bits per heavy atom. The van der Waals surface area contributed by atoms with Gasteiger partial charge in [-0.25, -0.2) is 4.39 Å². The van der Waals surface area contributed by atoms with E-state index in [1.54, 1.807) is 18.3 Å². The van der Waals surface area contributed by atoms with Gasteiger partial charge in [0, 0.05) is 31.4 Å². The molecule has 2 fully saturated rings. The van der Waals surface area contributed by atoms with Gasteiger partial charge in [0.15, 0.2) is 0 Å². The molecular weight excluding hydrogens is 393 g/mol. The number of piperazine rings is 1. The summed E-state index contributed by atoms with van der Waals surface area (Å²) in [5.74, 6) is -0.127. The van der Waals surface area contributed by atoms with Crippen molar-refractivity contribution >= 4 is 5.91 Å². The van der Waals surface area contributed by atoms with E-state index in [1.807, 2.05) is 23.2 Å². The van der Waals surface area contributed by atoms with Crippen molar-refractivity contribution in [1.29, 1.82) is 0 Å². The van der Waals surface area contributed by atoms with E-state index >= 15 is 0 Å². The number of aromatic nitrogens is 1. The van der Waals surface area contributed by atoms with E-state index in [2.05, 4.69) is 34.1 Å². The number of carbonyl (C=O) groups excluding carboxylic acids is 1. The molecule has 2 saturated heterocycles. The molecule has 6 heteroatoms. The molecule has 3 aromatic rings. The van der Waals surface area contributed by atoms with E-state index in [-0.39, 0.29) is 36.3 Å². The smallest absolute Gasteiger partial charge is 0.237 e. The normalized spacial score (nSPS) is 23.4. The van der Waals surface area contributed by atoms with Crippen LogP contribution in [0.5, 0.6) is 0 Å². The third-order valence-electron chi connectivity index (χ3n) is 6.43. The molecule has 0 aliphatic carbocycles. The first-order chi connectivity index (χ1) is 15.1. The molecule has 1 amide bonds. The first kappa shape index (κ1) is 19.8. The van der Waals surface area contributed by atoms with Crippen LogP contribution in [0.15, 0.2) is 73.1 Å². The Hall–Kier alpha value is -3.09. The van der Waals surface area contributed by atoms with E-state index in [0.29, 0.717) is 13.1 Å². The summed E-state index contributed by atoms with van der Waals surface area (Å²) in [4.78, 5) is 20.9. The minimum absolute atomic E-state index is 0.0306. The number of carbonyl (C=O) groups is 1. The maximum absolute atomic E-state index is 13.2. The van der Waals surface area contributed by atoms with Crippen molar-refractivity contribution in [1.82, 2.24) is 14.8 Å². The molecule has 2 aliphatic rings. The SMILES string of the molecule is O=C1CN(Cc2ccc(F)cc2)C[C@H]2[C@@H](c3ccc(-c4cccnc4)cc3)[C@H](CO)N12. The van der Waals surface area contributed by atoms with Gasteiger partial charge in [0.05, 0.1) is 25.2 Å². The highest BCUT2D eigenvalue weighted by molar-refractivity contribution is 5.81. The van der Waals surface area contributed by atoms with Gasteiger partial charge in [0.2, 0.25) is 5.91 Å². The Labute approximate surface area is 180 Å². The molecule has 2 aliphatic heterocycles. The largest absolute Gasteiger partial charge is 0.394 e. The van der Waals surface area contributed by atoms with Gasteiger partial charge in [0.25, 0.3) is 0 Å². The van der Waals surface area contributed by atoms with Crippen LogP contribution in [0.3, 0.4) is 0 Å². The van der Waals surface area contributed by atoms with Crippen LogP contribution in [0.1, 0.15) is 17.0 Å². The van der Waals surface area contributed by atoms with Gasteiger partial charge in [-0.1, -0.05) is 42.5 Å². The number of fused-ring (bicyclic) bond motifs is 1. The number of pyridine rings is 1. The van der Waals surface area contributed by atoms with Crippen LogP contribution in [0.2, 0.25) is 0 Å². The number of amides is 1. The molecule has 2 aromatic carbocycles. The highest BCUT2D eigenvalue weighted by atomic mass is 19.1. The Morgan fingerprint density at radius 3 is 2.48 bits per heavy atom. The molecule has 5 nitrogen and oxygen atoms in total. The van der Waals surface area contributed by atoms with Crippen molar-refractivity contribution < 1.29 is 14.3 Å². The lowest BCUT2D eigenvalue weighted by Crippen LogP contribution is -2.72. The van der Waals surface area contributed by atoms with Gasteiger partial charge in [-0.15, -0.1) is 0 Å². The molecule has 0 bridgehead atoms. The second-order valence-electron chi connectivity index (χ2n) is 8.30. The Morgan fingerprint density at radius 2 is 1.81 bits per heavy atom. The summed E-state index contributed by atoms with van der Waals surface area (Å²) in [7, 11) is 0. The molecular formula is C25H24FN3O2. The number of hydrogen-bond donors (Lipinski definition) is 1. The molecule has 31 heavy (non-hydrogen) atoms. The molecule has 158 valence electrons. The van der Waals surface area contributed by atoms with Crippen LogP contribution < -0.4 is 0 Å². The highest BCUT2D eigenvalue weighted by Gasteiger charge is 2.53. The van der Waals surface area contributed by atoms with Crippen LogP contribution >= 0.6 is 0 Å². The van der Waals surface area contributed by atoms with Gasteiger partial charge in [-0.3, -0.25) is 14.7 Å². The zero-order valence-corrected chi connectivity index (χ0v) is 17.1. The van der Waals surface area contributed by atoms with Crippen LogP contribution in [0.4, 0.5) is 4.39 Å². The average molecular weight is 417 g/mol. The van der Waals surface area contributed by atoms with Crippen molar-refractivity contribution in [2.45, 2.75) is 24.5 Å². The summed E-state index contributed by atoms with van der Waals surface area (Å²) < 4.78 is 13.2. The fourth-order valence-corrected chi connectivity index (χ4v) is 4.97. The third kappa shape index (κ3) is 3.73. The summed E-state index contributed by atoms with van der Waals surface area (Å²) in [5.41, 5.74) is 4.26. The number of benzene rings is 2. The molecule has 0 radical (unpaired) electrons. The molecule has 3 heterocycles. The molecule has 0 unspecified atom stereocenters. The summed E-state index contributed by atoms with van der Waals surface area (Å²) in [6.45, 7) is 1.60. The maximum Gasteiger partial charge on any atom is 0.237 e. The van der Waals surface area contributed by atoms with E-state index in [4.69, 9.17) is 0 Å². The zero-order valence-electron chi connectivity index (χ0n) is 17.1. The monoisotopic (exact) mass is 417 g/mol. The van der Waals surface area contributed by atoms with Crippen molar-refractivity contribution in [3.8, 4) is 11.1 Å². The van der Waals surface area contributed by atoms with E-state index in [9.17, 15) is 14.3 Å². The van der Waals surface area contributed by atoms with Gasteiger partial charge < -0.3 is 10.0 Å². The molecule has 0 spiro atoms. The van der Waals surface area contributed by atoms with Crippen LogP contribution in [-0.4, -0.2) is 57.6 Å². The van der Waals surface area contributed by atoms with Crippen molar-refractivity contribution in [2.24, 2.45) is 0 Å². The van der Waals surface area contributed by atoms with Crippen LogP contribution in [-0.2, 0) is 11.3 Å². The van der Waals surface area contributed by atoms with Gasteiger partial charge in [-0.05, 0) is 40.5 Å². The molecule has 5 rings (SSSR count). The number of nitrogens with zero attached hydrogens (tertiary/aromatic N) is 3. The summed E-state index contributed by atoms with van der Waals surface area (Å²) in [6.07, 6.45) is 3.59. The van der Waals surface area contributed by atoms with Gasteiger partial charge in [0.1, 0.15) is 5.82 Å². The summed E-state index contributed by atoms with van der Waals surface area (Å²) in [6, 6.07) is 18.5. The minimum atomic E-state index is -0.260. The second kappa shape index (κ2) is 8.21. The van der Waals surface area contributed by atoms with Gasteiger partial charge >= 0.3 is 0 Å². The average Bonchev–Trinajstić information content (AvgIpc) is 2.78. The lowest BCUT2D eigenvalue weighted by molar-refractivity contribution is -0.162. The topological polar surface area (TPSA) is 56.7 Å². The lowest BCUT2D eigenvalue weighted by Gasteiger charge is -2.59. The number of halogens is 1. The van der Waals surface area contributed by atoms with Crippen LogP contribution in [0.25, 0.3) is 11.1 Å². The molecule has 0 saturated carbocycles. The minimum Gasteiger partial charge on any atom is -0.394 e. The first-order valence-corrected chi connectivity index (χ1v) is 10.5. The maximum atomic E-state index is 13.2. The fourth-order valence-electron chi connectivity index (χ4n) is 4.97. The summed E-state index contributed by atoms with van der Waals surface area (Å²) in [5, 5.41) is 9.98. The van der Waals surface area contributed by atoms with E-state index in [0.717, 1.165) is 28.8 Å². The third-order valence-corrected chi connectivity index (χ3v) is 6.43. The predicted molar refractivity (Wildman–Crippen MR) is 116 cm³/mol. The second-order valence-corrected chi connectivity index (χ2v) is 8.30. The molecule has 1 N–H and O–H groups in total. The highest BCUT2D eigenvalue weighted by Crippen LogP contribution is 2.43. The fraction of sp³-hybridized carbons (Fsp3) is 0.280. The zero-order chi connectivity index (χ0) is 21.4. The number of hydrogen-bond acceptors (Lipinski definition) is 4.